The van der Waals surface area contributed by atoms with E-state index in [2.05, 4.69) is 17.1 Å². The molecule has 0 fully saturated rings. The third-order valence-corrected chi connectivity index (χ3v) is 2.06. The lowest BCUT2D eigenvalue weighted by Crippen LogP contribution is -2.36. The van der Waals surface area contributed by atoms with Crippen molar-refractivity contribution in [1.82, 2.24) is 10.2 Å². The van der Waals surface area contributed by atoms with Crippen molar-refractivity contribution < 1.29 is 9.84 Å². The summed E-state index contributed by atoms with van der Waals surface area (Å²) >= 11 is 0. The van der Waals surface area contributed by atoms with Gasteiger partial charge in [-0.15, -0.1) is 0 Å². The molecule has 0 unspecified atom stereocenters. The highest BCUT2D eigenvalue weighted by Crippen LogP contribution is 1.86. The summed E-state index contributed by atoms with van der Waals surface area (Å²) in [7, 11) is 1.70. The summed E-state index contributed by atoms with van der Waals surface area (Å²) in [6, 6.07) is 0. The van der Waals surface area contributed by atoms with E-state index in [9.17, 15) is 0 Å². The average molecular weight is 204 g/mol. The molecule has 0 radical (unpaired) electrons. The molecule has 4 heteroatoms. The van der Waals surface area contributed by atoms with Gasteiger partial charge in [0.1, 0.15) is 0 Å². The molecule has 0 aromatic carbocycles. The number of nitrogens with one attached hydrogen (secondary N) is 1. The van der Waals surface area contributed by atoms with Gasteiger partial charge in [-0.3, -0.25) is 4.90 Å². The van der Waals surface area contributed by atoms with Gasteiger partial charge in [-0.1, -0.05) is 6.92 Å². The normalized spacial score (nSPS) is 11.1. The van der Waals surface area contributed by atoms with Crippen LogP contribution in [0.4, 0.5) is 0 Å². The summed E-state index contributed by atoms with van der Waals surface area (Å²) in [6.07, 6.45) is 1.16. The zero-order chi connectivity index (χ0) is 10.6. The predicted molar refractivity (Wildman–Crippen MR) is 58.6 cm³/mol. The standard InChI is InChI=1S/C10H24N2O2/c1-3-4-11-5-6-12(7-9-13)8-10-14-2/h11,13H,3-10H2,1-2H3. The number of ether oxygens (including phenoxy) is 1. The van der Waals surface area contributed by atoms with Crippen molar-refractivity contribution >= 4 is 0 Å². The van der Waals surface area contributed by atoms with Gasteiger partial charge in [-0.25, -0.2) is 0 Å². The van der Waals surface area contributed by atoms with Crippen LogP contribution in [-0.4, -0.2) is 63.1 Å². The first-order valence-corrected chi connectivity index (χ1v) is 5.38. The third kappa shape index (κ3) is 8.44. The summed E-state index contributed by atoms with van der Waals surface area (Å²) in [6.45, 7) is 7.76. The van der Waals surface area contributed by atoms with Gasteiger partial charge in [0.05, 0.1) is 13.2 Å². The van der Waals surface area contributed by atoms with Crippen LogP contribution in [0.3, 0.4) is 0 Å². The van der Waals surface area contributed by atoms with E-state index in [1.807, 2.05) is 0 Å². The molecule has 14 heavy (non-hydrogen) atoms. The molecule has 0 bridgehead atoms. The van der Waals surface area contributed by atoms with Crippen molar-refractivity contribution in [3.05, 3.63) is 0 Å². The van der Waals surface area contributed by atoms with Crippen molar-refractivity contribution in [3.8, 4) is 0 Å². The Bertz CT molecular complexity index is 112. The Morgan fingerprint density at radius 3 is 2.57 bits per heavy atom. The Morgan fingerprint density at radius 1 is 1.21 bits per heavy atom. The van der Waals surface area contributed by atoms with E-state index in [-0.39, 0.29) is 6.61 Å². The zero-order valence-electron chi connectivity index (χ0n) is 9.46. The van der Waals surface area contributed by atoms with E-state index in [0.717, 1.165) is 45.8 Å². The maximum absolute atomic E-state index is 8.84. The summed E-state index contributed by atoms with van der Waals surface area (Å²) in [5, 5.41) is 12.2. The molecule has 0 aromatic heterocycles. The first-order valence-electron chi connectivity index (χ1n) is 5.38. The second-order valence-corrected chi connectivity index (χ2v) is 3.31. The monoisotopic (exact) mass is 204 g/mol. The number of hydrogen-bond acceptors (Lipinski definition) is 4. The second-order valence-electron chi connectivity index (χ2n) is 3.31. The lowest BCUT2D eigenvalue weighted by molar-refractivity contribution is 0.131. The smallest absolute Gasteiger partial charge is 0.0589 e. The van der Waals surface area contributed by atoms with Gasteiger partial charge >= 0.3 is 0 Å². The van der Waals surface area contributed by atoms with Gasteiger partial charge in [-0.05, 0) is 13.0 Å². The summed E-state index contributed by atoms with van der Waals surface area (Å²) in [5.41, 5.74) is 0. The number of nitrogens with zero attached hydrogens (tertiary/aromatic N) is 1. The Morgan fingerprint density at radius 2 is 2.00 bits per heavy atom. The molecule has 0 rings (SSSR count). The molecule has 0 spiro atoms. The zero-order valence-corrected chi connectivity index (χ0v) is 9.46. The molecule has 0 saturated heterocycles. The van der Waals surface area contributed by atoms with Crippen LogP contribution in [0.15, 0.2) is 0 Å². The molecule has 0 aliphatic carbocycles. The first-order chi connectivity index (χ1) is 6.85. The Hall–Kier alpha value is -0.160. The van der Waals surface area contributed by atoms with Crippen LogP contribution >= 0.6 is 0 Å². The van der Waals surface area contributed by atoms with Gasteiger partial charge < -0.3 is 15.2 Å². The molecule has 0 saturated carbocycles. The van der Waals surface area contributed by atoms with E-state index in [1.165, 1.54) is 0 Å². The molecule has 86 valence electrons. The average Bonchev–Trinajstić information content (AvgIpc) is 2.20. The second kappa shape index (κ2) is 10.9. The molecule has 0 aliphatic heterocycles. The van der Waals surface area contributed by atoms with Gasteiger partial charge in [0.2, 0.25) is 0 Å². The van der Waals surface area contributed by atoms with Crippen LogP contribution in [0.25, 0.3) is 0 Å². The van der Waals surface area contributed by atoms with Gasteiger partial charge in [0.25, 0.3) is 0 Å². The van der Waals surface area contributed by atoms with E-state index >= 15 is 0 Å². The van der Waals surface area contributed by atoms with Gasteiger partial charge in [-0.2, -0.15) is 0 Å². The van der Waals surface area contributed by atoms with Crippen LogP contribution < -0.4 is 5.32 Å². The maximum Gasteiger partial charge on any atom is 0.0589 e. The number of aliphatic hydroxyl groups is 1. The van der Waals surface area contributed by atoms with Crippen molar-refractivity contribution in [2.24, 2.45) is 0 Å². The topological polar surface area (TPSA) is 44.7 Å². The predicted octanol–water partition coefficient (Wildman–Crippen LogP) is -0.0733. The number of aliphatic hydroxyl groups excluding tert-OH is 1. The Kier molecular flexibility index (Phi) is 10.8. The minimum absolute atomic E-state index is 0.220. The van der Waals surface area contributed by atoms with Crippen LogP contribution in [0, 0.1) is 0 Å². The van der Waals surface area contributed by atoms with Crippen LogP contribution in [0.2, 0.25) is 0 Å². The van der Waals surface area contributed by atoms with Gasteiger partial charge in [0, 0.05) is 33.3 Å². The summed E-state index contributed by atoms with van der Waals surface area (Å²) in [4.78, 5) is 2.20. The van der Waals surface area contributed by atoms with E-state index in [1.54, 1.807) is 7.11 Å². The quantitative estimate of drug-likeness (QED) is 0.489. The number of methoxy groups -OCH3 is 1. The van der Waals surface area contributed by atoms with Gasteiger partial charge in [0.15, 0.2) is 0 Å². The highest BCUT2D eigenvalue weighted by molar-refractivity contribution is 4.58. The largest absolute Gasteiger partial charge is 0.395 e. The minimum atomic E-state index is 0.220. The van der Waals surface area contributed by atoms with E-state index < -0.39 is 0 Å². The third-order valence-electron chi connectivity index (χ3n) is 2.06. The van der Waals surface area contributed by atoms with Crippen molar-refractivity contribution in [3.63, 3.8) is 0 Å². The fourth-order valence-corrected chi connectivity index (χ4v) is 1.24. The number of rotatable bonds is 10. The Balaban J connectivity index is 3.40. The molecule has 0 amide bonds. The lowest BCUT2D eigenvalue weighted by atomic mass is 10.4. The fraction of sp³-hybridized carbons (Fsp3) is 1.00. The molecule has 0 atom stereocenters. The SMILES string of the molecule is CCCNCCN(CCO)CCOC. The van der Waals surface area contributed by atoms with Crippen LogP contribution in [0.1, 0.15) is 13.3 Å². The highest BCUT2D eigenvalue weighted by atomic mass is 16.5. The van der Waals surface area contributed by atoms with E-state index in [0.29, 0.717) is 0 Å². The summed E-state index contributed by atoms with van der Waals surface area (Å²) in [5.74, 6) is 0. The summed E-state index contributed by atoms with van der Waals surface area (Å²) < 4.78 is 5.00. The van der Waals surface area contributed by atoms with Crippen LogP contribution in [0.5, 0.6) is 0 Å². The molecule has 0 aliphatic rings. The molecule has 0 heterocycles. The fourth-order valence-electron chi connectivity index (χ4n) is 1.24. The number of hydrogen-bond donors (Lipinski definition) is 2. The molecule has 2 N–H and O–H groups in total. The Labute approximate surface area is 87.2 Å². The molecule has 4 nitrogen and oxygen atoms in total. The molecular formula is C10H24N2O2. The van der Waals surface area contributed by atoms with Crippen molar-refractivity contribution in [1.29, 1.82) is 0 Å². The maximum atomic E-state index is 8.84. The lowest BCUT2D eigenvalue weighted by Gasteiger charge is -2.20. The molecular weight excluding hydrogens is 180 g/mol. The minimum Gasteiger partial charge on any atom is -0.395 e. The highest BCUT2D eigenvalue weighted by Gasteiger charge is 2.02. The first kappa shape index (κ1) is 13.8. The van der Waals surface area contributed by atoms with Crippen molar-refractivity contribution in [2.45, 2.75) is 13.3 Å². The molecule has 0 aromatic rings. The van der Waals surface area contributed by atoms with Crippen molar-refractivity contribution in [2.75, 3.05) is 53.0 Å². The van der Waals surface area contributed by atoms with Crippen LogP contribution in [-0.2, 0) is 4.74 Å². The van der Waals surface area contributed by atoms with E-state index in [4.69, 9.17) is 9.84 Å².